The zero-order valence-corrected chi connectivity index (χ0v) is 13.1. The molecule has 1 aromatic rings. The minimum Gasteiger partial charge on any atom is -0.377 e. The smallest absolute Gasteiger partial charge is 0.0650 e. The fourth-order valence-corrected chi connectivity index (χ4v) is 1.99. The molecule has 1 rings (SSSR count). The molecular weight excluding hydrogens is 244 g/mol. The lowest BCUT2D eigenvalue weighted by Gasteiger charge is -2.09. The molecule has 0 saturated carbocycles. The van der Waals surface area contributed by atoms with Gasteiger partial charge in [-0.1, -0.05) is 61.1 Å². The van der Waals surface area contributed by atoms with Crippen LogP contribution in [-0.4, -0.2) is 13.2 Å². The summed E-state index contributed by atoms with van der Waals surface area (Å²) in [7, 11) is 0. The van der Waals surface area contributed by atoms with Crippen molar-refractivity contribution in [2.45, 2.75) is 40.0 Å². The number of hydrogen-bond donors (Lipinski definition) is 0. The van der Waals surface area contributed by atoms with Crippen LogP contribution in [0.1, 0.15) is 45.6 Å². The van der Waals surface area contributed by atoms with Crippen LogP contribution in [0.4, 0.5) is 0 Å². The molecule has 110 valence electrons. The fourth-order valence-electron chi connectivity index (χ4n) is 1.99. The number of rotatable bonds is 9. The summed E-state index contributed by atoms with van der Waals surface area (Å²) >= 11 is 0. The third kappa shape index (κ3) is 8.71. The molecule has 0 aliphatic rings. The van der Waals surface area contributed by atoms with Gasteiger partial charge in [0, 0.05) is 6.61 Å². The van der Waals surface area contributed by atoms with Crippen LogP contribution in [0.25, 0.3) is 6.08 Å². The highest BCUT2D eigenvalue weighted by Crippen LogP contribution is 2.11. The van der Waals surface area contributed by atoms with Gasteiger partial charge in [0.05, 0.1) is 6.61 Å². The summed E-state index contributed by atoms with van der Waals surface area (Å²) in [6.07, 6.45) is 10.1. The maximum Gasteiger partial charge on any atom is 0.0650 e. The van der Waals surface area contributed by atoms with E-state index in [9.17, 15) is 0 Å². The third-order valence-corrected chi connectivity index (χ3v) is 3.29. The molecule has 0 aliphatic heterocycles. The van der Waals surface area contributed by atoms with Crippen LogP contribution in [-0.2, 0) is 4.74 Å². The van der Waals surface area contributed by atoms with Crippen molar-refractivity contribution in [2.75, 3.05) is 13.2 Å². The van der Waals surface area contributed by atoms with E-state index in [1.807, 2.05) is 6.07 Å². The summed E-state index contributed by atoms with van der Waals surface area (Å²) in [6, 6.07) is 10.3. The van der Waals surface area contributed by atoms with Gasteiger partial charge in [0.25, 0.3) is 0 Å². The molecule has 1 heteroatoms. The second-order valence-electron chi connectivity index (χ2n) is 5.64. The van der Waals surface area contributed by atoms with Gasteiger partial charge in [-0.05, 0) is 44.6 Å². The minimum absolute atomic E-state index is 0.704. The fraction of sp³-hybridized carbons (Fsp3) is 0.474. The lowest BCUT2D eigenvalue weighted by Crippen LogP contribution is -2.02. The second kappa shape index (κ2) is 10.4. The van der Waals surface area contributed by atoms with Crippen molar-refractivity contribution < 1.29 is 4.74 Å². The van der Waals surface area contributed by atoms with E-state index >= 15 is 0 Å². The minimum atomic E-state index is 0.704. The predicted octanol–water partition coefficient (Wildman–Crippen LogP) is 5.49. The van der Waals surface area contributed by atoms with Gasteiger partial charge in [0.15, 0.2) is 0 Å². The number of hydrogen-bond acceptors (Lipinski definition) is 1. The Hall–Kier alpha value is -1.34. The van der Waals surface area contributed by atoms with Crippen molar-refractivity contribution in [1.29, 1.82) is 0 Å². The highest BCUT2D eigenvalue weighted by atomic mass is 16.5. The Kier molecular flexibility index (Phi) is 8.73. The Morgan fingerprint density at radius 1 is 1.15 bits per heavy atom. The van der Waals surface area contributed by atoms with Gasteiger partial charge in [-0.25, -0.2) is 0 Å². The molecule has 0 fully saturated rings. The van der Waals surface area contributed by atoms with Crippen molar-refractivity contribution in [3.05, 3.63) is 53.6 Å². The van der Waals surface area contributed by atoms with Crippen molar-refractivity contribution in [3.8, 4) is 0 Å². The van der Waals surface area contributed by atoms with Gasteiger partial charge < -0.3 is 4.74 Å². The first-order chi connectivity index (χ1) is 9.68. The van der Waals surface area contributed by atoms with Crippen LogP contribution in [0.15, 0.2) is 48.1 Å². The first-order valence-corrected chi connectivity index (χ1v) is 7.61. The molecule has 0 bridgehead atoms. The summed E-state index contributed by atoms with van der Waals surface area (Å²) in [6.45, 7) is 8.19. The molecule has 0 aliphatic carbocycles. The summed E-state index contributed by atoms with van der Waals surface area (Å²) in [5, 5.41) is 0. The van der Waals surface area contributed by atoms with Crippen LogP contribution >= 0.6 is 0 Å². The Labute approximate surface area is 124 Å². The molecule has 1 nitrogen and oxygen atoms in total. The first kappa shape index (κ1) is 16.7. The van der Waals surface area contributed by atoms with E-state index in [4.69, 9.17) is 4.74 Å². The molecular formula is C19H28O. The average molecular weight is 272 g/mol. The SMILES string of the molecule is CC(C)=CCCC(C)CCOCC=Cc1ccccc1. The molecule has 0 N–H and O–H groups in total. The quantitative estimate of drug-likeness (QED) is 0.426. The lowest BCUT2D eigenvalue weighted by atomic mass is 10.0. The molecule has 1 unspecified atom stereocenters. The van der Waals surface area contributed by atoms with Crippen molar-refractivity contribution in [2.24, 2.45) is 5.92 Å². The van der Waals surface area contributed by atoms with Crippen molar-refractivity contribution in [3.63, 3.8) is 0 Å². The Balaban J connectivity index is 2.04. The summed E-state index contributed by atoms with van der Waals surface area (Å²) < 4.78 is 5.65. The van der Waals surface area contributed by atoms with E-state index in [1.165, 1.54) is 24.0 Å². The third-order valence-electron chi connectivity index (χ3n) is 3.29. The maximum absolute atomic E-state index is 5.65. The predicted molar refractivity (Wildman–Crippen MR) is 88.7 cm³/mol. The second-order valence-corrected chi connectivity index (χ2v) is 5.64. The van der Waals surface area contributed by atoms with Crippen molar-refractivity contribution in [1.82, 2.24) is 0 Å². The molecule has 0 saturated heterocycles. The van der Waals surface area contributed by atoms with E-state index < -0.39 is 0 Å². The van der Waals surface area contributed by atoms with Gasteiger partial charge in [-0.3, -0.25) is 0 Å². The van der Waals surface area contributed by atoms with Gasteiger partial charge in [-0.15, -0.1) is 0 Å². The Morgan fingerprint density at radius 3 is 2.60 bits per heavy atom. The van der Waals surface area contributed by atoms with Crippen LogP contribution < -0.4 is 0 Å². The number of ether oxygens (including phenoxy) is 1. The summed E-state index contributed by atoms with van der Waals surface area (Å²) in [5.41, 5.74) is 2.64. The van der Waals surface area contributed by atoms with E-state index in [1.54, 1.807) is 0 Å². The Bertz CT molecular complexity index is 399. The van der Waals surface area contributed by atoms with E-state index in [0.29, 0.717) is 6.61 Å². The highest BCUT2D eigenvalue weighted by Gasteiger charge is 2.00. The zero-order chi connectivity index (χ0) is 14.6. The average Bonchev–Trinajstić information content (AvgIpc) is 2.43. The molecule has 0 amide bonds. The molecule has 0 heterocycles. The number of allylic oxidation sites excluding steroid dienone is 2. The van der Waals surface area contributed by atoms with Gasteiger partial charge in [0.2, 0.25) is 0 Å². The molecule has 0 aromatic heterocycles. The van der Waals surface area contributed by atoms with Crippen LogP contribution in [0, 0.1) is 5.92 Å². The maximum atomic E-state index is 5.65. The molecule has 0 radical (unpaired) electrons. The molecule has 1 atom stereocenters. The standard InChI is InChI=1S/C19H28O/c1-17(2)9-7-10-18(3)14-16-20-15-8-13-19-11-5-4-6-12-19/h4-6,8-9,11-13,18H,7,10,14-16H2,1-3H3. The first-order valence-electron chi connectivity index (χ1n) is 7.61. The summed E-state index contributed by atoms with van der Waals surface area (Å²) in [4.78, 5) is 0. The van der Waals surface area contributed by atoms with Gasteiger partial charge in [-0.2, -0.15) is 0 Å². The van der Waals surface area contributed by atoms with E-state index in [0.717, 1.165) is 18.9 Å². The van der Waals surface area contributed by atoms with Gasteiger partial charge in [0.1, 0.15) is 0 Å². The molecule has 20 heavy (non-hydrogen) atoms. The van der Waals surface area contributed by atoms with E-state index in [-0.39, 0.29) is 0 Å². The number of benzene rings is 1. The van der Waals surface area contributed by atoms with Crippen LogP contribution in [0.2, 0.25) is 0 Å². The van der Waals surface area contributed by atoms with Crippen molar-refractivity contribution >= 4 is 6.08 Å². The largest absolute Gasteiger partial charge is 0.377 e. The normalized spacial score (nSPS) is 12.6. The topological polar surface area (TPSA) is 9.23 Å². The monoisotopic (exact) mass is 272 g/mol. The van der Waals surface area contributed by atoms with Gasteiger partial charge >= 0.3 is 0 Å². The lowest BCUT2D eigenvalue weighted by molar-refractivity contribution is 0.146. The van der Waals surface area contributed by atoms with E-state index in [2.05, 4.69) is 63.3 Å². The highest BCUT2D eigenvalue weighted by molar-refractivity contribution is 5.48. The van der Waals surface area contributed by atoms with Crippen LogP contribution in [0.3, 0.4) is 0 Å². The zero-order valence-electron chi connectivity index (χ0n) is 13.1. The summed E-state index contributed by atoms with van der Waals surface area (Å²) in [5.74, 6) is 0.740. The van der Waals surface area contributed by atoms with Crippen LogP contribution in [0.5, 0.6) is 0 Å². The molecule has 1 aromatic carbocycles. The Morgan fingerprint density at radius 2 is 1.90 bits per heavy atom. The molecule has 0 spiro atoms.